The number of imidazole rings is 1. The zero-order chi connectivity index (χ0) is 18.7. The van der Waals surface area contributed by atoms with Gasteiger partial charge in [0.25, 0.3) is 0 Å². The van der Waals surface area contributed by atoms with Crippen LogP contribution in [0.2, 0.25) is 0 Å². The molecule has 3 aromatic rings. The third-order valence-corrected chi connectivity index (χ3v) is 5.66. The number of halogens is 1. The van der Waals surface area contributed by atoms with E-state index < -0.39 is 5.41 Å². The molecule has 1 aromatic heterocycles. The smallest absolute Gasteiger partial charge is 0.230 e. The lowest BCUT2D eigenvalue weighted by molar-refractivity contribution is -0.126. The minimum Gasteiger partial charge on any atom is -0.355 e. The van der Waals surface area contributed by atoms with Gasteiger partial charge in [0.15, 0.2) is 0 Å². The van der Waals surface area contributed by atoms with Gasteiger partial charge in [-0.1, -0.05) is 37.1 Å². The molecule has 0 bridgehead atoms. The molecule has 27 heavy (non-hydrogen) atoms. The summed E-state index contributed by atoms with van der Waals surface area (Å²) in [5.74, 6) is -0.250. The second-order valence-corrected chi connectivity index (χ2v) is 7.34. The summed E-state index contributed by atoms with van der Waals surface area (Å²) in [5, 5.41) is 3.10. The summed E-state index contributed by atoms with van der Waals surface area (Å²) in [6.45, 7) is 1.40. The Morgan fingerprint density at radius 3 is 2.78 bits per heavy atom. The van der Waals surface area contributed by atoms with Crippen molar-refractivity contribution in [2.24, 2.45) is 0 Å². The fourth-order valence-electron chi connectivity index (χ4n) is 4.22. The maximum absolute atomic E-state index is 13.7. The summed E-state index contributed by atoms with van der Waals surface area (Å²) in [7, 11) is 0. The monoisotopic (exact) mass is 365 g/mol. The predicted molar refractivity (Wildman–Crippen MR) is 104 cm³/mol. The number of hydrogen-bond acceptors (Lipinski definition) is 2. The van der Waals surface area contributed by atoms with Gasteiger partial charge in [-0.25, -0.2) is 9.37 Å². The number of nitrogens with one attached hydrogen (secondary N) is 1. The van der Waals surface area contributed by atoms with Crippen molar-refractivity contribution in [2.75, 3.05) is 6.54 Å². The van der Waals surface area contributed by atoms with Gasteiger partial charge >= 0.3 is 0 Å². The minimum absolute atomic E-state index is 0.0288. The van der Waals surface area contributed by atoms with Gasteiger partial charge < -0.3 is 9.88 Å². The fourth-order valence-corrected chi connectivity index (χ4v) is 4.22. The fraction of sp³-hybridized carbons (Fsp3) is 0.364. The molecule has 0 atom stereocenters. The average Bonchev–Trinajstić information content (AvgIpc) is 3.33. The van der Waals surface area contributed by atoms with Crippen molar-refractivity contribution in [3.63, 3.8) is 0 Å². The van der Waals surface area contributed by atoms with E-state index in [0.717, 1.165) is 55.2 Å². The first kappa shape index (κ1) is 17.7. The standard InChI is InChI=1S/C22H24FN3O/c23-18-8-5-7-17(15-18)22(11-3-4-12-22)21(27)24-13-6-14-26-16-25-19-9-1-2-10-20(19)26/h1-2,5,7-10,15-16H,3-4,6,11-14H2,(H,24,27). The lowest BCUT2D eigenvalue weighted by Gasteiger charge is -2.28. The molecule has 0 unspecified atom stereocenters. The van der Waals surface area contributed by atoms with Crippen molar-refractivity contribution in [2.45, 2.75) is 44.1 Å². The summed E-state index contributed by atoms with van der Waals surface area (Å²) in [6.07, 6.45) is 6.25. The molecule has 1 aliphatic carbocycles. The van der Waals surface area contributed by atoms with E-state index in [1.54, 1.807) is 6.07 Å². The van der Waals surface area contributed by atoms with Gasteiger partial charge in [-0.3, -0.25) is 4.79 Å². The molecule has 1 fully saturated rings. The van der Waals surface area contributed by atoms with Crippen LogP contribution in [0.25, 0.3) is 11.0 Å². The Kier molecular flexibility index (Phi) is 4.92. The van der Waals surface area contributed by atoms with Crippen molar-refractivity contribution >= 4 is 16.9 Å². The second kappa shape index (κ2) is 7.51. The van der Waals surface area contributed by atoms with Gasteiger partial charge in [-0.15, -0.1) is 0 Å². The number of carbonyl (C=O) groups is 1. The lowest BCUT2D eigenvalue weighted by Crippen LogP contribution is -2.43. The molecular formula is C22H24FN3O. The van der Waals surface area contributed by atoms with E-state index in [1.165, 1.54) is 12.1 Å². The van der Waals surface area contributed by atoms with Crippen LogP contribution >= 0.6 is 0 Å². The largest absolute Gasteiger partial charge is 0.355 e. The number of rotatable bonds is 6. The number of carbonyl (C=O) groups excluding carboxylic acids is 1. The van der Waals surface area contributed by atoms with Gasteiger partial charge in [0, 0.05) is 13.1 Å². The number of amides is 1. The van der Waals surface area contributed by atoms with Gasteiger partial charge in [-0.05, 0) is 49.1 Å². The van der Waals surface area contributed by atoms with Crippen molar-refractivity contribution in [1.29, 1.82) is 0 Å². The van der Waals surface area contributed by atoms with Crippen molar-refractivity contribution < 1.29 is 9.18 Å². The molecule has 4 nitrogen and oxygen atoms in total. The Bertz CT molecular complexity index is 943. The van der Waals surface area contributed by atoms with Crippen LogP contribution in [0.4, 0.5) is 4.39 Å². The number of aryl methyl sites for hydroxylation is 1. The van der Waals surface area contributed by atoms with E-state index in [4.69, 9.17) is 0 Å². The maximum atomic E-state index is 13.7. The molecule has 1 heterocycles. The highest BCUT2D eigenvalue weighted by Gasteiger charge is 2.42. The Hall–Kier alpha value is -2.69. The SMILES string of the molecule is O=C(NCCCn1cnc2ccccc21)C1(c2cccc(F)c2)CCCC1. The van der Waals surface area contributed by atoms with Crippen LogP contribution in [-0.2, 0) is 16.8 Å². The van der Waals surface area contributed by atoms with Crippen LogP contribution in [0.3, 0.4) is 0 Å². The summed E-state index contributed by atoms with van der Waals surface area (Å²) in [5.41, 5.74) is 2.32. The van der Waals surface area contributed by atoms with Gasteiger partial charge in [0.2, 0.25) is 5.91 Å². The van der Waals surface area contributed by atoms with Crippen LogP contribution in [-0.4, -0.2) is 22.0 Å². The molecule has 0 aliphatic heterocycles. The molecule has 0 saturated heterocycles. The van der Waals surface area contributed by atoms with Gasteiger partial charge in [0.1, 0.15) is 5.82 Å². The van der Waals surface area contributed by atoms with E-state index in [-0.39, 0.29) is 11.7 Å². The Balaban J connectivity index is 1.39. The Labute approximate surface area is 158 Å². The van der Waals surface area contributed by atoms with Crippen molar-refractivity contribution in [1.82, 2.24) is 14.9 Å². The predicted octanol–water partition coefficient (Wildman–Crippen LogP) is 4.19. The van der Waals surface area contributed by atoms with Crippen LogP contribution < -0.4 is 5.32 Å². The molecule has 4 rings (SSSR count). The van der Waals surface area contributed by atoms with Gasteiger partial charge in [0.05, 0.1) is 22.8 Å². The number of para-hydroxylation sites is 2. The molecule has 2 aromatic carbocycles. The van der Waals surface area contributed by atoms with Gasteiger partial charge in [-0.2, -0.15) is 0 Å². The molecule has 1 N–H and O–H groups in total. The molecule has 0 radical (unpaired) electrons. The number of hydrogen-bond donors (Lipinski definition) is 1. The average molecular weight is 365 g/mol. The van der Waals surface area contributed by atoms with Crippen molar-refractivity contribution in [3.05, 3.63) is 66.2 Å². The third-order valence-electron chi connectivity index (χ3n) is 5.66. The topological polar surface area (TPSA) is 46.9 Å². The maximum Gasteiger partial charge on any atom is 0.230 e. The van der Waals surface area contributed by atoms with Crippen LogP contribution in [0, 0.1) is 5.82 Å². The third kappa shape index (κ3) is 3.46. The van der Waals surface area contributed by atoms with Crippen molar-refractivity contribution in [3.8, 4) is 0 Å². The van der Waals surface area contributed by atoms with Crippen LogP contribution in [0.5, 0.6) is 0 Å². The number of nitrogens with zero attached hydrogens (tertiary/aromatic N) is 2. The lowest BCUT2D eigenvalue weighted by atomic mass is 9.78. The number of fused-ring (bicyclic) bond motifs is 1. The molecule has 5 heteroatoms. The number of aromatic nitrogens is 2. The zero-order valence-electron chi connectivity index (χ0n) is 15.3. The molecule has 1 amide bonds. The highest BCUT2D eigenvalue weighted by Crippen LogP contribution is 2.41. The van der Waals surface area contributed by atoms with Crippen LogP contribution in [0.15, 0.2) is 54.9 Å². The van der Waals surface area contributed by atoms with E-state index >= 15 is 0 Å². The summed E-state index contributed by atoms with van der Waals surface area (Å²) >= 11 is 0. The van der Waals surface area contributed by atoms with E-state index in [1.807, 2.05) is 30.6 Å². The molecule has 1 saturated carbocycles. The first-order valence-electron chi connectivity index (χ1n) is 9.63. The number of benzene rings is 2. The van der Waals surface area contributed by atoms with E-state index in [0.29, 0.717) is 6.54 Å². The Morgan fingerprint density at radius 2 is 1.96 bits per heavy atom. The normalized spacial score (nSPS) is 15.9. The van der Waals surface area contributed by atoms with E-state index in [2.05, 4.69) is 20.9 Å². The first-order valence-corrected chi connectivity index (χ1v) is 9.63. The summed E-state index contributed by atoms with van der Waals surface area (Å²) in [4.78, 5) is 17.4. The highest BCUT2D eigenvalue weighted by molar-refractivity contribution is 5.88. The van der Waals surface area contributed by atoms with Crippen LogP contribution in [0.1, 0.15) is 37.7 Å². The molecular weight excluding hydrogens is 341 g/mol. The quantitative estimate of drug-likeness (QED) is 0.666. The zero-order valence-corrected chi connectivity index (χ0v) is 15.3. The molecule has 0 spiro atoms. The first-order chi connectivity index (χ1) is 13.2. The molecule has 1 aliphatic rings. The molecule has 140 valence electrons. The summed E-state index contributed by atoms with van der Waals surface area (Å²) < 4.78 is 15.8. The minimum atomic E-state index is -0.580. The highest BCUT2D eigenvalue weighted by atomic mass is 19.1. The van der Waals surface area contributed by atoms with E-state index in [9.17, 15) is 9.18 Å². The summed E-state index contributed by atoms with van der Waals surface area (Å²) in [6, 6.07) is 14.6. The second-order valence-electron chi connectivity index (χ2n) is 7.34. The Morgan fingerprint density at radius 1 is 1.15 bits per heavy atom.